The molecule has 0 aromatic carbocycles. The molecule has 2 saturated heterocycles. The van der Waals surface area contributed by atoms with E-state index >= 15 is 0 Å². The fourth-order valence-corrected chi connectivity index (χ4v) is 3.97. The van der Waals surface area contributed by atoms with Gasteiger partial charge in [-0.05, 0) is 32.7 Å². The molecule has 2 fully saturated rings. The summed E-state index contributed by atoms with van der Waals surface area (Å²) < 4.78 is 0. The van der Waals surface area contributed by atoms with Gasteiger partial charge in [0.25, 0.3) is 0 Å². The van der Waals surface area contributed by atoms with Gasteiger partial charge in [0.15, 0.2) is 5.96 Å². The number of rotatable bonds is 4. The van der Waals surface area contributed by atoms with Crippen molar-refractivity contribution in [2.45, 2.75) is 24.1 Å². The summed E-state index contributed by atoms with van der Waals surface area (Å²) in [6.45, 7) is 5.43. The number of nitrogens with one attached hydrogen (secondary N) is 2. The number of guanidine groups is 1. The second kappa shape index (κ2) is 8.10. The van der Waals surface area contributed by atoms with E-state index in [2.05, 4.69) is 51.3 Å². The van der Waals surface area contributed by atoms with Crippen LogP contribution in [0.3, 0.4) is 0 Å². The van der Waals surface area contributed by atoms with Crippen LogP contribution in [0.1, 0.15) is 12.8 Å². The highest BCUT2D eigenvalue weighted by molar-refractivity contribution is 8.00. The molecule has 2 rings (SSSR count). The Hall–Kier alpha value is -0.460. The highest BCUT2D eigenvalue weighted by Gasteiger charge is 2.22. The first-order chi connectivity index (χ1) is 9.69. The lowest BCUT2D eigenvalue weighted by Crippen LogP contribution is -2.55. The van der Waals surface area contributed by atoms with Crippen molar-refractivity contribution in [3.63, 3.8) is 0 Å². The zero-order valence-electron chi connectivity index (χ0n) is 13.1. The smallest absolute Gasteiger partial charge is 0.191 e. The Morgan fingerprint density at radius 3 is 2.75 bits per heavy atom. The topological polar surface area (TPSA) is 42.9 Å². The molecule has 2 heterocycles. The Bertz CT molecular complexity index is 317. The molecule has 0 saturated carbocycles. The van der Waals surface area contributed by atoms with Crippen LogP contribution >= 0.6 is 11.8 Å². The molecule has 5 nitrogen and oxygen atoms in total. The summed E-state index contributed by atoms with van der Waals surface area (Å²) in [6.07, 6.45) is 2.70. The summed E-state index contributed by atoms with van der Waals surface area (Å²) in [5, 5.41) is 7.70. The van der Waals surface area contributed by atoms with Gasteiger partial charge in [-0.1, -0.05) is 0 Å². The van der Waals surface area contributed by atoms with Crippen LogP contribution in [0, 0.1) is 0 Å². The average Bonchev–Trinajstić information content (AvgIpc) is 2.96. The van der Waals surface area contributed by atoms with E-state index in [4.69, 9.17) is 0 Å². The number of thioether (sulfide) groups is 1. The fourth-order valence-electron chi connectivity index (χ4n) is 2.77. The maximum absolute atomic E-state index is 4.33. The Morgan fingerprint density at radius 2 is 2.05 bits per heavy atom. The van der Waals surface area contributed by atoms with E-state index in [1.165, 1.54) is 25.1 Å². The van der Waals surface area contributed by atoms with E-state index in [0.717, 1.165) is 37.4 Å². The van der Waals surface area contributed by atoms with Crippen molar-refractivity contribution in [2.24, 2.45) is 4.99 Å². The number of piperazine rings is 1. The summed E-state index contributed by atoms with van der Waals surface area (Å²) in [7, 11) is 6.27. The van der Waals surface area contributed by atoms with Crippen molar-refractivity contribution in [3.8, 4) is 0 Å². The standard InChI is InChI=1S/C14H29N5S/c1-15-14(17-10-13-5-4-8-20-13)16-9-12-11-18(2)6-7-19(12)3/h12-13H,4-11H2,1-3H3,(H2,15,16,17). The summed E-state index contributed by atoms with van der Waals surface area (Å²) >= 11 is 2.08. The molecule has 6 heteroatoms. The number of aliphatic imine (C=N–C) groups is 1. The monoisotopic (exact) mass is 299 g/mol. The van der Waals surface area contributed by atoms with Crippen molar-refractivity contribution in [2.75, 3.05) is 59.6 Å². The molecule has 0 aromatic rings. The van der Waals surface area contributed by atoms with Gasteiger partial charge in [0.1, 0.15) is 0 Å². The van der Waals surface area contributed by atoms with Crippen LogP contribution in [0.4, 0.5) is 0 Å². The van der Waals surface area contributed by atoms with E-state index in [-0.39, 0.29) is 0 Å². The van der Waals surface area contributed by atoms with Crippen molar-refractivity contribution in [3.05, 3.63) is 0 Å². The highest BCUT2D eigenvalue weighted by atomic mass is 32.2. The third-order valence-electron chi connectivity index (χ3n) is 4.23. The lowest BCUT2D eigenvalue weighted by Gasteiger charge is -2.38. The number of hydrogen-bond donors (Lipinski definition) is 2. The van der Waals surface area contributed by atoms with E-state index in [1.54, 1.807) is 0 Å². The van der Waals surface area contributed by atoms with Crippen LogP contribution < -0.4 is 10.6 Å². The van der Waals surface area contributed by atoms with Crippen LogP contribution in [0.15, 0.2) is 4.99 Å². The maximum atomic E-state index is 4.33. The Kier molecular flexibility index (Phi) is 6.45. The zero-order valence-corrected chi connectivity index (χ0v) is 13.9. The van der Waals surface area contributed by atoms with E-state index in [9.17, 15) is 0 Å². The largest absolute Gasteiger partial charge is 0.355 e. The van der Waals surface area contributed by atoms with Crippen molar-refractivity contribution in [1.29, 1.82) is 0 Å². The molecule has 0 spiro atoms. The molecule has 0 amide bonds. The third kappa shape index (κ3) is 4.82. The molecule has 0 bridgehead atoms. The average molecular weight is 299 g/mol. The van der Waals surface area contributed by atoms with Gasteiger partial charge in [-0.3, -0.25) is 9.89 Å². The summed E-state index contributed by atoms with van der Waals surface area (Å²) in [6, 6.07) is 0.563. The molecule has 2 N–H and O–H groups in total. The second-order valence-corrected chi connectivity index (χ2v) is 7.27. The lowest BCUT2D eigenvalue weighted by atomic mass is 10.2. The van der Waals surface area contributed by atoms with E-state index < -0.39 is 0 Å². The molecule has 0 radical (unpaired) electrons. The van der Waals surface area contributed by atoms with Gasteiger partial charge in [-0.2, -0.15) is 11.8 Å². The van der Waals surface area contributed by atoms with Crippen molar-refractivity contribution < 1.29 is 0 Å². The van der Waals surface area contributed by atoms with E-state index in [1.807, 2.05) is 7.05 Å². The Labute approximate surface area is 127 Å². The molecule has 2 aliphatic rings. The molecule has 2 aliphatic heterocycles. The molecule has 116 valence electrons. The molecular weight excluding hydrogens is 270 g/mol. The minimum Gasteiger partial charge on any atom is -0.355 e. The SMILES string of the molecule is CN=C(NCC1CCCS1)NCC1CN(C)CCN1C. The number of hydrogen-bond acceptors (Lipinski definition) is 4. The lowest BCUT2D eigenvalue weighted by molar-refractivity contribution is 0.116. The van der Waals surface area contributed by atoms with Gasteiger partial charge in [0.05, 0.1) is 0 Å². The minimum atomic E-state index is 0.563. The van der Waals surface area contributed by atoms with Crippen LogP contribution in [-0.4, -0.2) is 86.7 Å². The van der Waals surface area contributed by atoms with Crippen molar-refractivity contribution >= 4 is 17.7 Å². The first-order valence-electron chi connectivity index (χ1n) is 7.64. The van der Waals surface area contributed by atoms with Gasteiger partial charge in [0.2, 0.25) is 0 Å². The van der Waals surface area contributed by atoms with Gasteiger partial charge in [-0.25, -0.2) is 0 Å². The highest BCUT2D eigenvalue weighted by Crippen LogP contribution is 2.25. The first kappa shape index (κ1) is 15.9. The Balaban J connectivity index is 1.69. The quantitative estimate of drug-likeness (QED) is 0.577. The summed E-state index contributed by atoms with van der Waals surface area (Å²) in [5.41, 5.74) is 0. The van der Waals surface area contributed by atoms with Crippen LogP contribution in [0.2, 0.25) is 0 Å². The summed E-state index contributed by atoms with van der Waals surface area (Å²) in [4.78, 5) is 9.17. The van der Waals surface area contributed by atoms with Crippen LogP contribution in [-0.2, 0) is 0 Å². The molecule has 0 aliphatic carbocycles. The van der Waals surface area contributed by atoms with Gasteiger partial charge in [-0.15, -0.1) is 0 Å². The van der Waals surface area contributed by atoms with Gasteiger partial charge < -0.3 is 15.5 Å². The first-order valence-corrected chi connectivity index (χ1v) is 8.69. The summed E-state index contributed by atoms with van der Waals surface area (Å²) in [5.74, 6) is 2.26. The fraction of sp³-hybridized carbons (Fsp3) is 0.929. The minimum absolute atomic E-state index is 0.563. The normalized spacial score (nSPS) is 29.6. The molecular formula is C14H29N5S. The van der Waals surface area contributed by atoms with Gasteiger partial charge in [0, 0.05) is 51.1 Å². The van der Waals surface area contributed by atoms with Crippen LogP contribution in [0.25, 0.3) is 0 Å². The molecule has 0 aromatic heterocycles. The van der Waals surface area contributed by atoms with Gasteiger partial charge >= 0.3 is 0 Å². The number of nitrogens with zero attached hydrogens (tertiary/aromatic N) is 3. The maximum Gasteiger partial charge on any atom is 0.191 e. The predicted molar refractivity (Wildman–Crippen MR) is 88.8 cm³/mol. The number of likely N-dealkylation sites (N-methyl/N-ethyl adjacent to an activating group) is 2. The van der Waals surface area contributed by atoms with Crippen LogP contribution in [0.5, 0.6) is 0 Å². The molecule has 2 unspecified atom stereocenters. The Morgan fingerprint density at radius 1 is 1.25 bits per heavy atom. The third-order valence-corrected chi connectivity index (χ3v) is 5.63. The van der Waals surface area contributed by atoms with Crippen molar-refractivity contribution in [1.82, 2.24) is 20.4 Å². The second-order valence-electron chi connectivity index (χ2n) is 5.87. The molecule has 20 heavy (non-hydrogen) atoms. The molecule has 2 atom stereocenters. The van der Waals surface area contributed by atoms with E-state index in [0.29, 0.717) is 6.04 Å². The zero-order chi connectivity index (χ0) is 14.4. The predicted octanol–water partition coefficient (Wildman–Crippen LogP) is 0.293.